The number of rotatable bonds is 51. The van der Waals surface area contributed by atoms with Gasteiger partial charge in [0.25, 0.3) is 0 Å². The van der Waals surface area contributed by atoms with E-state index >= 15 is 0 Å². The minimum Gasteiger partial charge on any atom is -0.481 e. The number of ether oxygens (including phenoxy) is 1. The van der Waals surface area contributed by atoms with Crippen LogP contribution < -0.4 is 64.2 Å². The molecule has 0 saturated carbocycles. The fourth-order valence-corrected chi connectivity index (χ4v) is 11.7. The number of Topliss-reactive ketones (excluding diaryl/α,β-unsaturated/α-hetero) is 1. The summed E-state index contributed by atoms with van der Waals surface area (Å²) < 4.78 is 5.62. The van der Waals surface area contributed by atoms with Gasteiger partial charge in [-0.2, -0.15) is 11.8 Å². The highest BCUT2D eigenvalue weighted by molar-refractivity contribution is 7.98. The maximum atomic E-state index is 14.4. The maximum Gasteiger partial charge on any atom is 0.303 e. The fourth-order valence-electron chi connectivity index (χ4n) is 10.8. The van der Waals surface area contributed by atoms with Crippen LogP contribution in [0.15, 0.2) is 24.3 Å². The van der Waals surface area contributed by atoms with Gasteiger partial charge in [-0.3, -0.25) is 86.3 Å². The van der Waals surface area contributed by atoms with E-state index < -0.39 is 226 Å². The molecule has 1 aliphatic heterocycles. The van der Waals surface area contributed by atoms with Crippen molar-refractivity contribution in [3.05, 3.63) is 35.4 Å². The number of hydrogen-bond donors (Lipinski definition) is 17. The molecule has 1 aliphatic rings. The minimum absolute atomic E-state index is 0.0259. The molecular formula is C68H105N13O24S. The van der Waals surface area contributed by atoms with Crippen LogP contribution in [-0.2, 0) is 92.7 Å². The second-order valence-electron chi connectivity index (χ2n) is 27.0. The number of amides is 12. The molecule has 1 saturated heterocycles. The van der Waals surface area contributed by atoms with E-state index in [4.69, 9.17) is 10.5 Å². The summed E-state index contributed by atoms with van der Waals surface area (Å²) in [5.41, 5.74) is 5.94. The van der Waals surface area contributed by atoms with Crippen molar-refractivity contribution in [2.45, 2.75) is 218 Å². The van der Waals surface area contributed by atoms with Gasteiger partial charge in [0, 0.05) is 75.9 Å². The van der Waals surface area contributed by atoms with E-state index in [1.54, 1.807) is 11.8 Å². The van der Waals surface area contributed by atoms with E-state index in [0.717, 1.165) is 6.92 Å². The molecule has 0 bridgehead atoms. The Morgan fingerprint density at radius 2 is 0.953 bits per heavy atom. The van der Waals surface area contributed by atoms with E-state index in [2.05, 4.69) is 58.5 Å². The second kappa shape index (κ2) is 47.6. The molecule has 592 valence electrons. The van der Waals surface area contributed by atoms with E-state index in [9.17, 15) is 112 Å². The van der Waals surface area contributed by atoms with Gasteiger partial charge in [0.2, 0.25) is 70.9 Å². The maximum absolute atomic E-state index is 14.4. The summed E-state index contributed by atoms with van der Waals surface area (Å²) in [6, 6.07) is -8.84. The third-order valence-corrected chi connectivity index (χ3v) is 17.3. The number of carboxylic acids is 5. The lowest BCUT2D eigenvalue weighted by Crippen LogP contribution is -2.60. The van der Waals surface area contributed by atoms with Crippen LogP contribution in [0.4, 0.5) is 0 Å². The standard InChI is InChI=1S/C68H105N13O24S/c1-37(2)32-48(60(97)71-34-52(84)80-51(36-106-8)68(5,6)7)79-67(104)50-13-11-30-81(50)53(85)35-105-31-29-70-59(96)49(33-40-14-16-41(17-15-40)38(3)82)78-66(103)47(22-27-58(94)95)77-65(102)46(21-26-57(92)93)76-64(101)45(20-25-56(90)91)75-63(100)44(19-24-55(88)89)74-62(99)43(18-23-54(86)87)73-61(98)42(72-39(4)83)12-9-10-28-69/h14-17,37,42-51H,9-13,18-36,69H2,1-8H3,(H,70,96)(H,71,97)(H,72,83)(H,73,98)(H,74,99)(H,75,100)(H,76,101)(H,77,102)(H,78,103)(H,79,104)(H,80,84)(H,86,87)(H,88,89)(H,90,91)(H,92,93)(H,94,95)/t42-,43-,44-,45-,46-,47-,48+,49+,50+,51+/m1/s1. The highest BCUT2D eigenvalue weighted by Crippen LogP contribution is 2.23. The number of hydrogen-bond acceptors (Lipinski definition) is 21. The lowest BCUT2D eigenvalue weighted by Gasteiger charge is -2.31. The lowest BCUT2D eigenvalue weighted by atomic mass is 9.88. The van der Waals surface area contributed by atoms with Gasteiger partial charge in [0.15, 0.2) is 5.78 Å². The Bertz CT molecular complexity index is 3240. The van der Waals surface area contributed by atoms with Gasteiger partial charge < -0.3 is 99.4 Å². The predicted octanol–water partition coefficient (Wildman–Crippen LogP) is -2.04. The molecule has 0 spiro atoms. The number of nitrogens with zero attached hydrogens (tertiary/aromatic N) is 1. The first-order chi connectivity index (χ1) is 49.8. The quantitative estimate of drug-likeness (QED) is 0.0247. The summed E-state index contributed by atoms with van der Waals surface area (Å²) >= 11 is 1.56. The van der Waals surface area contributed by atoms with E-state index in [1.807, 2.05) is 40.9 Å². The molecule has 1 heterocycles. The zero-order valence-electron chi connectivity index (χ0n) is 61.1. The molecule has 106 heavy (non-hydrogen) atoms. The molecule has 18 N–H and O–H groups in total. The molecule has 1 aromatic rings. The Balaban J connectivity index is 2.42. The molecule has 0 radical (unpaired) electrons. The van der Waals surface area contributed by atoms with Crippen LogP contribution in [0.25, 0.3) is 0 Å². The van der Waals surface area contributed by atoms with Gasteiger partial charge in [-0.15, -0.1) is 0 Å². The second-order valence-corrected chi connectivity index (χ2v) is 27.9. The van der Waals surface area contributed by atoms with Crippen molar-refractivity contribution in [3.8, 4) is 0 Å². The van der Waals surface area contributed by atoms with Crippen molar-refractivity contribution in [1.82, 2.24) is 63.4 Å². The van der Waals surface area contributed by atoms with Crippen LogP contribution in [0, 0.1) is 11.3 Å². The summed E-state index contributed by atoms with van der Waals surface area (Å²) in [4.78, 5) is 237. The number of unbranched alkanes of at least 4 members (excludes halogenated alkanes) is 1. The number of thioether (sulfide) groups is 1. The number of carbonyl (C=O) groups excluding carboxylic acids is 13. The predicted molar refractivity (Wildman–Crippen MR) is 379 cm³/mol. The van der Waals surface area contributed by atoms with Crippen LogP contribution in [-0.4, -0.2) is 249 Å². The Morgan fingerprint density at radius 1 is 0.538 bits per heavy atom. The third-order valence-electron chi connectivity index (χ3n) is 16.6. The highest BCUT2D eigenvalue weighted by Gasteiger charge is 2.39. The van der Waals surface area contributed by atoms with Crippen LogP contribution in [0.1, 0.15) is 167 Å². The average Bonchev–Trinajstić information content (AvgIpc) is 1.62. The number of nitrogens with two attached hydrogens (primary N) is 1. The smallest absolute Gasteiger partial charge is 0.303 e. The molecule has 0 aliphatic carbocycles. The summed E-state index contributed by atoms with van der Waals surface area (Å²) in [5.74, 6) is -18.5. The summed E-state index contributed by atoms with van der Waals surface area (Å²) in [5, 5.41) is 75.1. The normalized spacial score (nSPS) is 15.2. The van der Waals surface area contributed by atoms with Crippen molar-refractivity contribution in [2.24, 2.45) is 17.1 Å². The molecule has 0 unspecified atom stereocenters. The first-order valence-electron chi connectivity index (χ1n) is 34.8. The zero-order chi connectivity index (χ0) is 80.0. The van der Waals surface area contributed by atoms with Gasteiger partial charge in [0.05, 0.1) is 13.2 Å². The van der Waals surface area contributed by atoms with Crippen molar-refractivity contribution >= 4 is 118 Å². The van der Waals surface area contributed by atoms with E-state index in [-0.39, 0.29) is 87.2 Å². The summed E-state index contributed by atoms with van der Waals surface area (Å²) in [6.45, 7) is 10.9. The summed E-state index contributed by atoms with van der Waals surface area (Å²) in [6.07, 6.45) is -4.62. The Morgan fingerprint density at radius 3 is 1.33 bits per heavy atom. The molecule has 0 aromatic heterocycles. The number of carboxylic acid groups (broad SMARTS) is 5. The van der Waals surface area contributed by atoms with Gasteiger partial charge >= 0.3 is 29.8 Å². The van der Waals surface area contributed by atoms with Crippen LogP contribution in [0.5, 0.6) is 0 Å². The van der Waals surface area contributed by atoms with Crippen molar-refractivity contribution in [1.29, 1.82) is 0 Å². The number of benzene rings is 1. The van der Waals surface area contributed by atoms with Gasteiger partial charge in [-0.05, 0) is 107 Å². The number of carbonyl (C=O) groups is 18. The van der Waals surface area contributed by atoms with Crippen LogP contribution >= 0.6 is 11.8 Å². The minimum atomic E-state index is -2.01. The number of likely N-dealkylation sites (tertiary alicyclic amines) is 1. The fraction of sp³-hybridized carbons (Fsp3) is 0.647. The first kappa shape index (κ1) is 92.2. The Kier molecular flexibility index (Phi) is 41.4. The van der Waals surface area contributed by atoms with Crippen LogP contribution in [0.3, 0.4) is 0 Å². The van der Waals surface area contributed by atoms with E-state index in [0.29, 0.717) is 30.6 Å². The molecule has 37 nitrogen and oxygen atoms in total. The molecule has 10 atom stereocenters. The van der Waals surface area contributed by atoms with Crippen LogP contribution in [0.2, 0.25) is 0 Å². The molecule has 12 amide bonds. The van der Waals surface area contributed by atoms with Gasteiger partial charge in [-0.1, -0.05) is 58.9 Å². The van der Waals surface area contributed by atoms with Gasteiger partial charge in [0.1, 0.15) is 61.0 Å². The van der Waals surface area contributed by atoms with E-state index in [1.165, 1.54) is 36.1 Å². The Labute approximate surface area is 617 Å². The number of ketones is 1. The SMILES string of the molecule is CSC[C@H](NC(=O)CNC(=O)[C@H](CC(C)C)NC(=O)[C@@H]1CCCN1C(=O)COCCNC(=O)[C@H](Cc1ccc(C(C)=O)cc1)NC(=O)[C@@H](CCC(=O)O)NC(=O)[C@@H](CCC(=O)O)NC(=O)[C@@H](CCC(=O)O)NC(=O)[C@@H](CCC(=O)O)NC(=O)[C@@H](CCC(=O)O)NC(=O)[C@@H](CCCCN)NC(C)=O)C(C)(C)C. The molecule has 1 fully saturated rings. The number of aliphatic carboxylic acids is 5. The van der Waals surface area contributed by atoms with Crippen molar-refractivity contribution < 1.29 is 117 Å². The summed E-state index contributed by atoms with van der Waals surface area (Å²) in [7, 11) is 0. The molecule has 1 aromatic carbocycles. The van der Waals surface area contributed by atoms with Gasteiger partial charge in [-0.25, -0.2) is 0 Å². The average molecular weight is 1520 g/mol. The largest absolute Gasteiger partial charge is 0.481 e. The molecule has 2 rings (SSSR count). The molecular weight excluding hydrogens is 1410 g/mol. The number of nitrogens with one attached hydrogen (secondary N) is 11. The first-order valence-corrected chi connectivity index (χ1v) is 36.2. The third kappa shape index (κ3) is 36.2. The monoisotopic (exact) mass is 1520 g/mol. The Hall–Kier alpha value is -9.85. The van der Waals surface area contributed by atoms with Crippen molar-refractivity contribution in [3.63, 3.8) is 0 Å². The molecule has 38 heteroatoms. The zero-order valence-corrected chi connectivity index (χ0v) is 61.9. The lowest BCUT2D eigenvalue weighted by molar-refractivity contribution is -0.142. The topological polar surface area (TPSA) is 579 Å². The van der Waals surface area contributed by atoms with Crippen molar-refractivity contribution in [2.75, 3.05) is 51.4 Å². The highest BCUT2D eigenvalue weighted by atomic mass is 32.2.